The number of carbonyl (C=O) groups excluding carboxylic acids is 1. The molecular formula is C17H27N3O5. The summed E-state index contributed by atoms with van der Waals surface area (Å²) in [7, 11) is 2.99. The zero-order valence-corrected chi connectivity index (χ0v) is 15.4. The Morgan fingerprint density at radius 3 is 2.48 bits per heavy atom. The van der Waals surface area contributed by atoms with Gasteiger partial charge < -0.3 is 20.1 Å². The maximum atomic E-state index is 12.7. The van der Waals surface area contributed by atoms with Gasteiger partial charge in [0.2, 0.25) is 0 Å². The van der Waals surface area contributed by atoms with Gasteiger partial charge in [-0.2, -0.15) is 0 Å². The second-order valence-corrected chi connectivity index (χ2v) is 6.13. The maximum Gasteiger partial charge on any atom is 0.286 e. The average Bonchev–Trinajstić information content (AvgIpc) is 2.58. The van der Waals surface area contributed by atoms with Crippen molar-refractivity contribution in [1.82, 2.24) is 4.90 Å². The summed E-state index contributed by atoms with van der Waals surface area (Å²) in [6, 6.07) is 2.54. The minimum atomic E-state index is -0.598. The van der Waals surface area contributed by atoms with E-state index in [-0.39, 0.29) is 23.0 Å². The third-order valence-corrected chi connectivity index (χ3v) is 4.01. The van der Waals surface area contributed by atoms with E-state index < -0.39 is 10.8 Å². The lowest BCUT2D eigenvalue weighted by atomic mass is 10.0. The second-order valence-electron chi connectivity index (χ2n) is 6.13. The molecule has 0 bridgehead atoms. The van der Waals surface area contributed by atoms with Crippen molar-refractivity contribution >= 4 is 11.6 Å². The molecule has 0 saturated heterocycles. The van der Waals surface area contributed by atoms with Crippen LogP contribution in [0.1, 0.15) is 37.6 Å². The van der Waals surface area contributed by atoms with Gasteiger partial charge in [-0.3, -0.25) is 14.9 Å². The first-order valence-corrected chi connectivity index (χ1v) is 8.23. The fourth-order valence-corrected chi connectivity index (χ4v) is 2.28. The van der Waals surface area contributed by atoms with Crippen LogP contribution in [0.3, 0.4) is 0 Å². The molecule has 0 aromatic heterocycles. The van der Waals surface area contributed by atoms with Gasteiger partial charge in [0.25, 0.3) is 11.6 Å². The molecule has 1 aromatic carbocycles. The van der Waals surface area contributed by atoms with Crippen molar-refractivity contribution in [3.05, 3.63) is 27.8 Å². The Kier molecular flexibility index (Phi) is 7.63. The number of nitrogens with two attached hydrogens (primary N) is 1. The molecule has 25 heavy (non-hydrogen) atoms. The van der Waals surface area contributed by atoms with Gasteiger partial charge in [0.05, 0.1) is 24.7 Å². The monoisotopic (exact) mass is 353 g/mol. The number of nitro benzene ring substituents is 1. The van der Waals surface area contributed by atoms with Gasteiger partial charge in [-0.15, -0.1) is 0 Å². The molecule has 1 amide bonds. The summed E-state index contributed by atoms with van der Waals surface area (Å²) < 4.78 is 10.5. The highest BCUT2D eigenvalue weighted by Gasteiger charge is 2.27. The van der Waals surface area contributed by atoms with Crippen LogP contribution in [0.5, 0.6) is 11.5 Å². The van der Waals surface area contributed by atoms with Crippen LogP contribution >= 0.6 is 0 Å². The molecule has 1 atom stereocenters. The first-order chi connectivity index (χ1) is 11.7. The smallest absolute Gasteiger partial charge is 0.286 e. The summed E-state index contributed by atoms with van der Waals surface area (Å²) in [6.45, 7) is 6.55. The molecule has 0 aliphatic heterocycles. The SMILES string of the molecule is CCOc1cc(C(=O)N(C)CCC(N)C(C)C)c([N+](=O)[O-])cc1OC. The van der Waals surface area contributed by atoms with Crippen molar-refractivity contribution in [2.24, 2.45) is 11.7 Å². The van der Waals surface area contributed by atoms with Crippen molar-refractivity contribution in [3.8, 4) is 11.5 Å². The standard InChI is InChI=1S/C17H27N3O5/c1-6-25-16-9-12(14(20(22)23)10-15(16)24-5)17(21)19(4)8-7-13(18)11(2)3/h9-11,13H,6-8,18H2,1-5H3. The molecule has 0 heterocycles. The third-order valence-electron chi connectivity index (χ3n) is 4.01. The molecule has 8 heteroatoms. The van der Waals surface area contributed by atoms with Crippen LogP contribution in [0.25, 0.3) is 0 Å². The fraction of sp³-hybridized carbons (Fsp3) is 0.588. The highest BCUT2D eigenvalue weighted by molar-refractivity contribution is 5.99. The quantitative estimate of drug-likeness (QED) is 0.539. The molecule has 1 rings (SSSR count). The largest absolute Gasteiger partial charge is 0.493 e. The van der Waals surface area contributed by atoms with Crippen molar-refractivity contribution in [3.63, 3.8) is 0 Å². The first kappa shape index (κ1) is 20.7. The summed E-state index contributed by atoms with van der Waals surface area (Å²) in [6.07, 6.45) is 0.613. The number of rotatable bonds is 9. The number of carbonyl (C=O) groups is 1. The fourth-order valence-electron chi connectivity index (χ4n) is 2.28. The van der Waals surface area contributed by atoms with Gasteiger partial charge in [0, 0.05) is 25.7 Å². The van der Waals surface area contributed by atoms with Gasteiger partial charge in [0.15, 0.2) is 11.5 Å². The van der Waals surface area contributed by atoms with E-state index in [0.29, 0.717) is 31.2 Å². The maximum absolute atomic E-state index is 12.7. The molecule has 0 aliphatic carbocycles. The Balaban J connectivity index is 3.13. The minimum Gasteiger partial charge on any atom is -0.493 e. The number of methoxy groups -OCH3 is 1. The molecule has 0 fully saturated rings. The number of nitro groups is 1. The minimum absolute atomic E-state index is 0.0325. The van der Waals surface area contributed by atoms with Gasteiger partial charge in [0.1, 0.15) is 5.56 Å². The van der Waals surface area contributed by atoms with Crippen molar-refractivity contribution < 1.29 is 19.2 Å². The summed E-state index contributed by atoms with van der Waals surface area (Å²) in [5.41, 5.74) is 5.65. The second kappa shape index (κ2) is 9.22. The Morgan fingerprint density at radius 1 is 1.36 bits per heavy atom. The number of benzene rings is 1. The predicted octanol–water partition coefficient (Wildman–Crippen LogP) is 2.45. The Hall–Kier alpha value is -2.35. The lowest BCUT2D eigenvalue weighted by Crippen LogP contribution is -2.34. The Bertz CT molecular complexity index is 619. The normalized spacial score (nSPS) is 12.0. The summed E-state index contributed by atoms with van der Waals surface area (Å²) >= 11 is 0. The molecule has 0 aliphatic rings. The van der Waals surface area contributed by atoms with Crippen molar-refractivity contribution in [2.75, 3.05) is 27.3 Å². The lowest BCUT2D eigenvalue weighted by molar-refractivity contribution is -0.385. The summed E-state index contributed by atoms with van der Waals surface area (Å²) in [5, 5.41) is 11.4. The van der Waals surface area contributed by atoms with Crippen LogP contribution in [0.4, 0.5) is 5.69 Å². The van der Waals surface area contributed by atoms with E-state index in [2.05, 4.69) is 0 Å². The number of ether oxygens (including phenoxy) is 2. The zero-order valence-electron chi connectivity index (χ0n) is 15.4. The zero-order chi connectivity index (χ0) is 19.1. The van der Waals surface area contributed by atoms with E-state index in [0.717, 1.165) is 0 Å². The van der Waals surface area contributed by atoms with E-state index >= 15 is 0 Å². The third kappa shape index (κ3) is 5.32. The molecule has 0 radical (unpaired) electrons. The average molecular weight is 353 g/mol. The van der Waals surface area contributed by atoms with E-state index in [9.17, 15) is 14.9 Å². The van der Waals surface area contributed by atoms with Crippen LogP contribution in [-0.2, 0) is 0 Å². The number of hydrogen-bond acceptors (Lipinski definition) is 6. The Morgan fingerprint density at radius 2 is 2.00 bits per heavy atom. The van der Waals surface area contributed by atoms with Crippen LogP contribution in [0.15, 0.2) is 12.1 Å². The van der Waals surface area contributed by atoms with Crippen LogP contribution in [0, 0.1) is 16.0 Å². The van der Waals surface area contributed by atoms with E-state index in [1.807, 2.05) is 13.8 Å². The highest BCUT2D eigenvalue weighted by atomic mass is 16.6. The topological polar surface area (TPSA) is 108 Å². The lowest BCUT2D eigenvalue weighted by Gasteiger charge is -2.22. The van der Waals surface area contributed by atoms with Gasteiger partial charge >= 0.3 is 0 Å². The molecule has 0 saturated carbocycles. The van der Waals surface area contributed by atoms with Gasteiger partial charge in [-0.05, 0) is 19.3 Å². The molecule has 2 N–H and O–H groups in total. The highest BCUT2D eigenvalue weighted by Crippen LogP contribution is 2.35. The number of hydrogen-bond donors (Lipinski definition) is 1. The predicted molar refractivity (Wildman–Crippen MR) is 95.2 cm³/mol. The molecule has 1 aromatic rings. The molecule has 1 unspecified atom stereocenters. The number of amides is 1. The van der Waals surface area contributed by atoms with Crippen molar-refractivity contribution in [2.45, 2.75) is 33.2 Å². The molecule has 140 valence electrons. The molecule has 0 spiro atoms. The van der Waals surface area contributed by atoms with Crippen LogP contribution in [-0.4, -0.2) is 49.1 Å². The van der Waals surface area contributed by atoms with Gasteiger partial charge in [-0.25, -0.2) is 0 Å². The van der Waals surface area contributed by atoms with Crippen molar-refractivity contribution in [1.29, 1.82) is 0 Å². The first-order valence-electron chi connectivity index (χ1n) is 8.23. The van der Waals surface area contributed by atoms with E-state index in [1.165, 1.54) is 24.1 Å². The number of nitrogens with zero attached hydrogens (tertiary/aromatic N) is 2. The molecule has 8 nitrogen and oxygen atoms in total. The van der Waals surface area contributed by atoms with Crippen LogP contribution < -0.4 is 15.2 Å². The van der Waals surface area contributed by atoms with Crippen LogP contribution in [0.2, 0.25) is 0 Å². The summed E-state index contributed by atoms with van der Waals surface area (Å²) in [4.78, 5) is 24.9. The molecular weight excluding hydrogens is 326 g/mol. The van der Waals surface area contributed by atoms with E-state index in [4.69, 9.17) is 15.2 Å². The summed E-state index contributed by atoms with van der Waals surface area (Å²) in [5.74, 6) is 0.357. The van der Waals surface area contributed by atoms with Gasteiger partial charge in [-0.1, -0.05) is 13.8 Å². The van der Waals surface area contributed by atoms with E-state index in [1.54, 1.807) is 14.0 Å². The Labute approximate surface area is 148 Å².